The first-order valence-electron chi connectivity index (χ1n) is 7.85. The molecule has 0 fully saturated rings. The molecule has 1 aromatic carbocycles. The van der Waals surface area contributed by atoms with E-state index in [-0.39, 0.29) is 11.4 Å². The molecule has 1 N–H and O–H groups in total. The first kappa shape index (κ1) is 17.8. The van der Waals surface area contributed by atoms with Gasteiger partial charge in [0, 0.05) is 11.6 Å². The SMILES string of the molecule is C[C@@H](OC(=O)/C=C/c1ccc2c(c1)OCCO2)C(=O)NC(C)(C)C. The third kappa shape index (κ3) is 5.30. The van der Waals surface area contributed by atoms with E-state index in [1.807, 2.05) is 26.8 Å². The number of fused-ring (bicyclic) bond motifs is 1. The zero-order valence-electron chi connectivity index (χ0n) is 14.4. The van der Waals surface area contributed by atoms with Crippen molar-refractivity contribution in [3.05, 3.63) is 29.8 Å². The van der Waals surface area contributed by atoms with Gasteiger partial charge in [0.1, 0.15) is 13.2 Å². The zero-order valence-corrected chi connectivity index (χ0v) is 14.4. The van der Waals surface area contributed by atoms with E-state index in [1.54, 1.807) is 18.2 Å². The highest BCUT2D eigenvalue weighted by Gasteiger charge is 2.21. The van der Waals surface area contributed by atoms with Gasteiger partial charge >= 0.3 is 5.97 Å². The highest BCUT2D eigenvalue weighted by molar-refractivity contribution is 5.90. The Hall–Kier alpha value is -2.50. The molecular formula is C18H23NO5. The molecule has 1 aliphatic heterocycles. The van der Waals surface area contributed by atoms with Gasteiger partial charge in [-0.3, -0.25) is 4.79 Å². The number of carbonyl (C=O) groups excluding carboxylic acids is 2. The maximum atomic E-state index is 11.9. The lowest BCUT2D eigenvalue weighted by molar-refractivity contribution is -0.150. The van der Waals surface area contributed by atoms with Crippen LogP contribution in [0.15, 0.2) is 24.3 Å². The van der Waals surface area contributed by atoms with Crippen molar-refractivity contribution in [3.63, 3.8) is 0 Å². The van der Waals surface area contributed by atoms with Crippen molar-refractivity contribution in [1.82, 2.24) is 5.32 Å². The molecule has 0 saturated carbocycles. The van der Waals surface area contributed by atoms with Crippen LogP contribution in [-0.4, -0.2) is 36.7 Å². The van der Waals surface area contributed by atoms with E-state index in [0.29, 0.717) is 24.7 Å². The number of hydrogen-bond donors (Lipinski definition) is 1. The highest BCUT2D eigenvalue weighted by Crippen LogP contribution is 2.31. The van der Waals surface area contributed by atoms with E-state index in [2.05, 4.69) is 5.32 Å². The minimum atomic E-state index is -0.860. The van der Waals surface area contributed by atoms with Crippen LogP contribution >= 0.6 is 0 Å². The van der Waals surface area contributed by atoms with Crippen LogP contribution in [0.5, 0.6) is 11.5 Å². The molecule has 1 heterocycles. The van der Waals surface area contributed by atoms with Crippen LogP contribution in [0.3, 0.4) is 0 Å². The van der Waals surface area contributed by atoms with Crippen LogP contribution in [0.1, 0.15) is 33.3 Å². The van der Waals surface area contributed by atoms with Crippen molar-refractivity contribution in [2.24, 2.45) is 0 Å². The first-order valence-corrected chi connectivity index (χ1v) is 7.85. The zero-order chi connectivity index (χ0) is 17.7. The van der Waals surface area contributed by atoms with Gasteiger partial charge in [0.2, 0.25) is 0 Å². The lowest BCUT2D eigenvalue weighted by atomic mass is 10.1. The molecule has 1 amide bonds. The standard InChI is InChI=1S/C18H23NO5/c1-12(17(21)19-18(2,3)4)24-16(20)8-6-13-5-7-14-15(11-13)23-10-9-22-14/h5-8,11-12H,9-10H2,1-4H3,(H,19,21)/b8-6+/t12-/m1/s1. The Balaban J connectivity index is 1.92. The van der Waals surface area contributed by atoms with Gasteiger partial charge in [0.25, 0.3) is 5.91 Å². The van der Waals surface area contributed by atoms with Crippen molar-refractivity contribution >= 4 is 18.0 Å². The van der Waals surface area contributed by atoms with Gasteiger partial charge in [-0.2, -0.15) is 0 Å². The number of nitrogens with one attached hydrogen (secondary N) is 1. The first-order chi connectivity index (χ1) is 11.2. The highest BCUT2D eigenvalue weighted by atomic mass is 16.6. The van der Waals surface area contributed by atoms with Gasteiger partial charge in [-0.1, -0.05) is 6.07 Å². The summed E-state index contributed by atoms with van der Waals surface area (Å²) in [7, 11) is 0. The fourth-order valence-electron chi connectivity index (χ4n) is 2.07. The third-order valence-corrected chi connectivity index (χ3v) is 3.14. The van der Waals surface area contributed by atoms with E-state index >= 15 is 0 Å². The van der Waals surface area contributed by atoms with E-state index in [1.165, 1.54) is 13.0 Å². The number of amides is 1. The van der Waals surface area contributed by atoms with Crippen molar-refractivity contribution in [3.8, 4) is 11.5 Å². The number of rotatable bonds is 4. The molecule has 0 aliphatic carbocycles. The second kappa shape index (κ2) is 7.38. The molecule has 0 bridgehead atoms. The van der Waals surface area contributed by atoms with Crippen LogP contribution in [0.2, 0.25) is 0 Å². The molecule has 0 saturated heterocycles. The summed E-state index contributed by atoms with van der Waals surface area (Å²) in [5.74, 6) is 0.424. The average molecular weight is 333 g/mol. The molecule has 130 valence electrons. The number of hydrogen-bond acceptors (Lipinski definition) is 5. The summed E-state index contributed by atoms with van der Waals surface area (Å²) in [5, 5.41) is 2.76. The predicted molar refractivity (Wildman–Crippen MR) is 89.9 cm³/mol. The van der Waals surface area contributed by atoms with Gasteiger partial charge < -0.3 is 19.5 Å². The van der Waals surface area contributed by atoms with Crippen molar-refractivity contribution in [2.75, 3.05) is 13.2 Å². The fourth-order valence-corrected chi connectivity index (χ4v) is 2.07. The largest absolute Gasteiger partial charge is 0.486 e. The fraction of sp³-hybridized carbons (Fsp3) is 0.444. The number of esters is 1. The number of benzene rings is 1. The van der Waals surface area contributed by atoms with Gasteiger partial charge in [-0.25, -0.2) is 4.79 Å². The molecule has 1 aliphatic rings. The molecule has 6 nitrogen and oxygen atoms in total. The summed E-state index contributed by atoms with van der Waals surface area (Å²) in [5.41, 5.74) is 0.404. The molecule has 2 rings (SSSR count). The van der Waals surface area contributed by atoms with Crippen molar-refractivity contribution in [1.29, 1.82) is 0 Å². The molecule has 0 unspecified atom stereocenters. The van der Waals surface area contributed by atoms with Gasteiger partial charge in [-0.15, -0.1) is 0 Å². The van der Waals surface area contributed by atoms with Gasteiger partial charge in [0.15, 0.2) is 17.6 Å². The second-order valence-electron chi connectivity index (χ2n) is 6.55. The molecule has 24 heavy (non-hydrogen) atoms. The maximum absolute atomic E-state index is 11.9. The van der Waals surface area contributed by atoms with Crippen molar-refractivity contribution < 1.29 is 23.8 Å². The summed E-state index contributed by atoms with van der Waals surface area (Å²) in [6.45, 7) is 8.16. The lowest BCUT2D eigenvalue weighted by Gasteiger charge is -2.22. The van der Waals surface area contributed by atoms with E-state index in [9.17, 15) is 9.59 Å². The molecule has 0 radical (unpaired) electrons. The van der Waals surface area contributed by atoms with Crippen LogP contribution in [0.4, 0.5) is 0 Å². The summed E-state index contributed by atoms with van der Waals surface area (Å²) in [4.78, 5) is 23.7. The number of ether oxygens (including phenoxy) is 3. The number of carbonyl (C=O) groups is 2. The minimum Gasteiger partial charge on any atom is -0.486 e. The summed E-state index contributed by atoms with van der Waals surface area (Å²) >= 11 is 0. The quantitative estimate of drug-likeness (QED) is 0.676. The monoisotopic (exact) mass is 333 g/mol. The molecule has 0 spiro atoms. The Kier molecular flexibility index (Phi) is 5.49. The smallest absolute Gasteiger partial charge is 0.331 e. The van der Waals surface area contributed by atoms with Gasteiger partial charge in [0.05, 0.1) is 0 Å². The summed E-state index contributed by atoms with van der Waals surface area (Å²) < 4.78 is 16.0. The minimum absolute atomic E-state index is 0.330. The van der Waals surface area contributed by atoms with Crippen molar-refractivity contribution in [2.45, 2.75) is 39.3 Å². The van der Waals surface area contributed by atoms with Crippen LogP contribution in [-0.2, 0) is 14.3 Å². The molecular weight excluding hydrogens is 310 g/mol. The summed E-state index contributed by atoms with van der Waals surface area (Å²) in [6, 6.07) is 5.39. The third-order valence-electron chi connectivity index (χ3n) is 3.14. The Morgan fingerprint density at radius 1 is 1.21 bits per heavy atom. The molecule has 0 aromatic heterocycles. The Labute approximate surface area is 141 Å². The molecule has 1 aromatic rings. The topological polar surface area (TPSA) is 73.9 Å². The maximum Gasteiger partial charge on any atom is 0.331 e. The Bertz CT molecular complexity index is 645. The van der Waals surface area contributed by atoms with Crippen LogP contribution in [0, 0.1) is 0 Å². The van der Waals surface area contributed by atoms with Crippen LogP contribution in [0.25, 0.3) is 6.08 Å². The van der Waals surface area contributed by atoms with E-state index in [4.69, 9.17) is 14.2 Å². The molecule has 1 atom stereocenters. The lowest BCUT2D eigenvalue weighted by Crippen LogP contribution is -2.46. The Morgan fingerprint density at radius 2 is 1.88 bits per heavy atom. The normalized spacial score (nSPS) is 15.0. The van der Waals surface area contributed by atoms with E-state index < -0.39 is 12.1 Å². The average Bonchev–Trinajstić information content (AvgIpc) is 2.51. The second-order valence-corrected chi connectivity index (χ2v) is 6.55. The predicted octanol–water partition coefficient (Wildman–Crippen LogP) is 2.32. The van der Waals surface area contributed by atoms with Gasteiger partial charge in [-0.05, 0) is 51.5 Å². The molecule has 6 heteroatoms. The Morgan fingerprint density at radius 3 is 2.54 bits per heavy atom. The summed E-state index contributed by atoms with van der Waals surface area (Å²) in [6.07, 6.45) is 2.03. The van der Waals surface area contributed by atoms with E-state index in [0.717, 1.165) is 5.56 Å². The van der Waals surface area contributed by atoms with Crippen LogP contribution < -0.4 is 14.8 Å².